The van der Waals surface area contributed by atoms with Gasteiger partial charge in [0.1, 0.15) is 11.9 Å². The van der Waals surface area contributed by atoms with Gasteiger partial charge in [-0.1, -0.05) is 25.5 Å². The van der Waals surface area contributed by atoms with Crippen LogP contribution in [0.15, 0.2) is 24.3 Å². The minimum atomic E-state index is -0.692. The summed E-state index contributed by atoms with van der Waals surface area (Å²) >= 11 is 0. The van der Waals surface area contributed by atoms with Gasteiger partial charge in [-0.25, -0.2) is 9.18 Å². The van der Waals surface area contributed by atoms with E-state index in [9.17, 15) is 9.18 Å². The molecule has 1 unspecified atom stereocenters. The molecule has 0 saturated carbocycles. The van der Waals surface area contributed by atoms with Crippen LogP contribution in [0.5, 0.6) is 0 Å². The average Bonchev–Trinajstić information content (AvgIpc) is 2.29. The van der Waals surface area contributed by atoms with Crippen LogP contribution < -0.4 is 0 Å². The first-order chi connectivity index (χ1) is 7.67. The summed E-state index contributed by atoms with van der Waals surface area (Å²) in [5.74, 6) is 0.891. The van der Waals surface area contributed by atoms with Crippen molar-refractivity contribution in [2.45, 2.75) is 25.9 Å². The number of rotatable bonds is 4. The number of hydrogen-bond acceptors (Lipinski definition) is 2. The van der Waals surface area contributed by atoms with E-state index in [-0.39, 0.29) is 5.82 Å². The molecule has 0 bridgehead atoms. The Kier molecular flexibility index (Phi) is 4.53. The molecule has 1 aromatic rings. The van der Waals surface area contributed by atoms with E-state index in [2.05, 4.69) is 0 Å². The zero-order valence-corrected chi connectivity index (χ0v) is 9.07. The van der Waals surface area contributed by atoms with Crippen LogP contribution in [0.25, 0.3) is 0 Å². The van der Waals surface area contributed by atoms with E-state index in [4.69, 9.17) is 11.2 Å². The number of carbonyl (C=O) groups excluding carboxylic acids is 1. The van der Waals surface area contributed by atoms with Crippen molar-refractivity contribution in [1.29, 1.82) is 0 Å². The Bertz CT molecular complexity index is 389. The Morgan fingerprint density at radius 3 is 2.62 bits per heavy atom. The van der Waals surface area contributed by atoms with Crippen molar-refractivity contribution in [2.24, 2.45) is 0 Å². The molecule has 0 spiro atoms. The highest BCUT2D eigenvalue weighted by Crippen LogP contribution is 2.22. The van der Waals surface area contributed by atoms with Crippen LogP contribution in [0.2, 0.25) is 0 Å². The highest BCUT2D eigenvalue weighted by molar-refractivity contribution is 5.87. The van der Waals surface area contributed by atoms with Crippen LogP contribution in [-0.4, -0.2) is 5.97 Å². The molecule has 0 saturated heterocycles. The predicted molar refractivity (Wildman–Crippen MR) is 59.0 cm³/mol. The molecule has 16 heavy (non-hydrogen) atoms. The third-order valence-electron chi connectivity index (χ3n) is 2.16. The maximum absolute atomic E-state index is 12.7. The fourth-order valence-electron chi connectivity index (χ4n) is 1.40. The zero-order chi connectivity index (χ0) is 12.0. The number of hydrogen-bond donors (Lipinski definition) is 0. The lowest BCUT2D eigenvalue weighted by atomic mass is 10.1. The van der Waals surface area contributed by atoms with E-state index in [1.807, 2.05) is 12.8 Å². The van der Waals surface area contributed by atoms with Gasteiger partial charge in [0.15, 0.2) is 0 Å². The summed E-state index contributed by atoms with van der Waals surface area (Å²) in [5.41, 5.74) is 0.756. The number of carbonyl (C=O) groups is 1. The van der Waals surface area contributed by atoms with Gasteiger partial charge in [-0.2, -0.15) is 0 Å². The zero-order valence-electron chi connectivity index (χ0n) is 9.07. The molecular weight excluding hydrogens is 207 g/mol. The number of halogens is 1. The molecule has 0 fully saturated rings. The Balaban J connectivity index is 2.81. The first-order valence-electron chi connectivity index (χ1n) is 5.10. The number of terminal acetylenes is 1. The van der Waals surface area contributed by atoms with Gasteiger partial charge in [0, 0.05) is 5.92 Å². The summed E-state index contributed by atoms with van der Waals surface area (Å²) in [5, 5.41) is 0. The molecule has 0 heterocycles. The van der Waals surface area contributed by atoms with Crippen LogP contribution in [-0.2, 0) is 9.53 Å². The molecule has 0 aromatic heterocycles. The smallest absolute Gasteiger partial charge is 0.384 e. The third kappa shape index (κ3) is 3.39. The summed E-state index contributed by atoms with van der Waals surface area (Å²) < 4.78 is 17.8. The fourth-order valence-corrected chi connectivity index (χ4v) is 1.40. The molecule has 0 aliphatic rings. The van der Waals surface area contributed by atoms with Crippen molar-refractivity contribution in [3.8, 4) is 12.3 Å². The third-order valence-corrected chi connectivity index (χ3v) is 2.16. The second kappa shape index (κ2) is 5.92. The molecular formula is C13H13FO2. The van der Waals surface area contributed by atoms with E-state index >= 15 is 0 Å². The predicted octanol–water partition coefficient (Wildman–Crippen LogP) is 2.84. The molecule has 2 nitrogen and oxygen atoms in total. The molecule has 1 atom stereocenters. The molecule has 1 aromatic carbocycles. The minimum Gasteiger partial charge on any atom is -0.448 e. The minimum absolute atomic E-state index is 0.317. The molecule has 0 radical (unpaired) electrons. The summed E-state index contributed by atoms with van der Waals surface area (Å²) in [6.45, 7) is 1.97. The van der Waals surface area contributed by atoms with E-state index in [1.165, 1.54) is 12.1 Å². The van der Waals surface area contributed by atoms with Gasteiger partial charge in [-0.3, -0.25) is 0 Å². The second-order valence-electron chi connectivity index (χ2n) is 3.38. The maximum atomic E-state index is 12.7. The highest BCUT2D eigenvalue weighted by Gasteiger charge is 2.14. The summed E-state index contributed by atoms with van der Waals surface area (Å²) in [4.78, 5) is 11.0. The SMILES string of the molecule is C#CC(=O)OC(CCC)c1ccc(F)cc1. The number of esters is 1. The van der Waals surface area contributed by atoms with Gasteiger partial charge in [0.05, 0.1) is 0 Å². The summed E-state index contributed by atoms with van der Waals surface area (Å²) in [6.07, 6.45) is 6.05. The molecule has 0 aliphatic heterocycles. The fraction of sp³-hybridized carbons (Fsp3) is 0.308. The van der Waals surface area contributed by atoms with Crippen molar-refractivity contribution >= 4 is 5.97 Å². The van der Waals surface area contributed by atoms with Crippen molar-refractivity contribution in [1.82, 2.24) is 0 Å². The van der Waals surface area contributed by atoms with Gasteiger partial charge in [-0.15, -0.1) is 6.42 Å². The lowest BCUT2D eigenvalue weighted by molar-refractivity contribution is -0.142. The highest BCUT2D eigenvalue weighted by atomic mass is 19.1. The molecule has 0 aliphatic carbocycles. The normalized spacial score (nSPS) is 11.6. The maximum Gasteiger partial charge on any atom is 0.384 e. The van der Waals surface area contributed by atoms with Crippen molar-refractivity contribution < 1.29 is 13.9 Å². The first-order valence-corrected chi connectivity index (χ1v) is 5.10. The Morgan fingerprint density at radius 2 is 2.12 bits per heavy atom. The van der Waals surface area contributed by atoms with Crippen LogP contribution in [0.3, 0.4) is 0 Å². The molecule has 1 rings (SSSR count). The van der Waals surface area contributed by atoms with E-state index in [0.717, 1.165) is 12.0 Å². The van der Waals surface area contributed by atoms with Crippen molar-refractivity contribution in [2.75, 3.05) is 0 Å². The monoisotopic (exact) mass is 220 g/mol. The van der Waals surface area contributed by atoms with Gasteiger partial charge in [-0.05, 0) is 24.1 Å². The van der Waals surface area contributed by atoms with Crippen LogP contribution in [0.1, 0.15) is 31.4 Å². The van der Waals surface area contributed by atoms with Crippen LogP contribution in [0.4, 0.5) is 4.39 Å². The first kappa shape index (κ1) is 12.3. The standard InChI is InChI=1S/C13H13FO2/c1-3-5-12(16-13(15)4-2)10-6-8-11(14)9-7-10/h2,6-9,12H,3,5H2,1H3. The Hall–Kier alpha value is -1.82. The molecule has 3 heteroatoms. The topological polar surface area (TPSA) is 26.3 Å². The molecule has 0 amide bonds. The van der Waals surface area contributed by atoms with E-state index in [0.29, 0.717) is 6.42 Å². The lowest BCUT2D eigenvalue weighted by Crippen LogP contribution is -2.09. The van der Waals surface area contributed by atoms with Crippen LogP contribution >= 0.6 is 0 Å². The summed E-state index contributed by atoms with van der Waals surface area (Å²) in [7, 11) is 0. The van der Waals surface area contributed by atoms with Gasteiger partial charge < -0.3 is 4.74 Å². The molecule has 84 valence electrons. The van der Waals surface area contributed by atoms with Crippen molar-refractivity contribution in [3.05, 3.63) is 35.6 Å². The van der Waals surface area contributed by atoms with Crippen LogP contribution in [0, 0.1) is 18.2 Å². The molecule has 0 N–H and O–H groups in total. The Morgan fingerprint density at radius 1 is 1.50 bits per heavy atom. The number of benzene rings is 1. The largest absolute Gasteiger partial charge is 0.448 e. The van der Waals surface area contributed by atoms with Gasteiger partial charge in [0.25, 0.3) is 0 Å². The van der Waals surface area contributed by atoms with Gasteiger partial charge in [0.2, 0.25) is 0 Å². The Labute approximate surface area is 94.4 Å². The summed E-state index contributed by atoms with van der Waals surface area (Å²) in [6, 6.07) is 5.86. The van der Waals surface area contributed by atoms with Crippen molar-refractivity contribution in [3.63, 3.8) is 0 Å². The van der Waals surface area contributed by atoms with E-state index < -0.39 is 12.1 Å². The second-order valence-corrected chi connectivity index (χ2v) is 3.38. The number of ether oxygens (including phenoxy) is 1. The quantitative estimate of drug-likeness (QED) is 0.443. The lowest BCUT2D eigenvalue weighted by Gasteiger charge is -2.15. The average molecular weight is 220 g/mol. The van der Waals surface area contributed by atoms with E-state index in [1.54, 1.807) is 12.1 Å². The van der Waals surface area contributed by atoms with Gasteiger partial charge >= 0.3 is 5.97 Å².